The van der Waals surface area contributed by atoms with E-state index in [0.717, 1.165) is 12.8 Å². The maximum atomic E-state index is 11.0. The number of rotatable bonds is 6. The molecule has 0 fully saturated rings. The summed E-state index contributed by atoms with van der Waals surface area (Å²) in [7, 11) is 0. The minimum absolute atomic E-state index is 0.0851. The van der Waals surface area contributed by atoms with E-state index in [0.29, 0.717) is 12.2 Å². The van der Waals surface area contributed by atoms with Gasteiger partial charge in [-0.3, -0.25) is 4.79 Å². The van der Waals surface area contributed by atoms with E-state index in [-0.39, 0.29) is 16.9 Å². The Morgan fingerprint density at radius 2 is 2.18 bits per heavy atom. The molecule has 0 unspecified atom stereocenters. The molecule has 0 aromatic carbocycles. The van der Waals surface area contributed by atoms with Gasteiger partial charge in [-0.1, -0.05) is 36.5 Å². The maximum absolute atomic E-state index is 11.0. The Hall–Kier alpha value is -1.07. The van der Waals surface area contributed by atoms with Crippen LogP contribution in [0.3, 0.4) is 0 Å². The monoisotopic (exact) mass is 276 g/mol. The summed E-state index contributed by atoms with van der Waals surface area (Å²) in [5.74, 6) is -0.426. The smallest absolute Gasteiger partial charge is 0.236 e. The van der Waals surface area contributed by atoms with Gasteiger partial charge in [0.15, 0.2) is 10.3 Å². The molecule has 1 aromatic heterocycles. The minimum Gasteiger partial charge on any atom is -0.368 e. The van der Waals surface area contributed by atoms with Crippen LogP contribution < -0.4 is 10.6 Å². The van der Waals surface area contributed by atoms with Gasteiger partial charge in [0.1, 0.15) is 0 Å². The second kappa shape index (κ2) is 6.61. The highest BCUT2D eigenvalue weighted by Crippen LogP contribution is 2.25. The first kappa shape index (κ1) is 14.0. The van der Waals surface area contributed by atoms with Crippen molar-refractivity contribution >= 4 is 34.8 Å². The van der Waals surface area contributed by atoms with Crippen molar-refractivity contribution in [2.45, 2.75) is 19.8 Å². The highest BCUT2D eigenvalue weighted by molar-refractivity contribution is 6.33. The summed E-state index contributed by atoms with van der Waals surface area (Å²) in [5.41, 5.74) is 5.78. The Bertz CT molecular complexity index is 400. The number of carbonyl (C=O) groups is 1. The molecule has 5 nitrogen and oxygen atoms in total. The first-order chi connectivity index (χ1) is 8.04. The number of amides is 1. The third-order valence-corrected chi connectivity index (χ3v) is 2.62. The first-order valence-corrected chi connectivity index (χ1v) is 6.02. The molecule has 17 heavy (non-hydrogen) atoms. The topological polar surface area (TPSA) is 72.1 Å². The second-order valence-electron chi connectivity index (χ2n) is 3.58. The number of hydrogen-bond acceptors (Lipinski definition) is 4. The number of nitrogens with two attached hydrogens (primary N) is 1. The maximum Gasteiger partial charge on any atom is 0.236 e. The van der Waals surface area contributed by atoms with Gasteiger partial charge in [-0.15, -0.1) is 10.2 Å². The molecule has 1 rings (SSSR count). The van der Waals surface area contributed by atoms with Crippen LogP contribution in [0.25, 0.3) is 0 Å². The third-order valence-electron chi connectivity index (χ3n) is 2.17. The molecule has 0 saturated carbocycles. The Kier molecular flexibility index (Phi) is 5.44. The Labute approximate surface area is 110 Å². The number of unbranched alkanes of at least 4 members (excludes halogenated alkanes) is 1. The molecule has 7 heteroatoms. The average Bonchev–Trinajstić information content (AvgIpc) is 2.27. The fraction of sp³-hybridized carbons (Fsp3) is 0.500. The van der Waals surface area contributed by atoms with Crippen LogP contribution in [0.15, 0.2) is 6.07 Å². The van der Waals surface area contributed by atoms with E-state index in [4.69, 9.17) is 28.9 Å². The van der Waals surface area contributed by atoms with Gasteiger partial charge >= 0.3 is 0 Å². The van der Waals surface area contributed by atoms with E-state index in [9.17, 15) is 4.79 Å². The molecule has 0 aliphatic heterocycles. The van der Waals surface area contributed by atoms with E-state index in [1.54, 1.807) is 11.0 Å². The van der Waals surface area contributed by atoms with E-state index in [2.05, 4.69) is 17.1 Å². The number of halogens is 2. The lowest BCUT2D eigenvalue weighted by molar-refractivity contribution is -0.116. The standard InChI is InChI=1S/C10H14Cl2N4O/c1-2-3-4-16(6-9(13)17)7-5-8(11)14-15-10(7)12/h5H,2-4,6H2,1H3,(H2,13,17). The average molecular weight is 277 g/mol. The van der Waals surface area contributed by atoms with Gasteiger partial charge < -0.3 is 10.6 Å². The molecule has 0 atom stereocenters. The summed E-state index contributed by atoms with van der Waals surface area (Å²) in [6.45, 7) is 2.81. The fourth-order valence-corrected chi connectivity index (χ4v) is 1.74. The largest absolute Gasteiger partial charge is 0.368 e. The molecular weight excluding hydrogens is 263 g/mol. The van der Waals surface area contributed by atoms with Gasteiger partial charge in [0.25, 0.3) is 0 Å². The van der Waals surface area contributed by atoms with Crippen molar-refractivity contribution in [3.8, 4) is 0 Å². The Morgan fingerprint density at radius 1 is 1.47 bits per heavy atom. The molecule has 2 N–H and O–H groups in total. The van der Waals surface area contributed by atoms with E-state index in [1.807, 2.05) is 0 Å². The quantitative estimate of drug-likeness (QED) is 0.861. The molecule has 1 heterocycles. The van der Waals surface area contributed by atoms with E-state index >= 15 is 0 Å². The third kappa shape index (κ3) is 4.36. The van der Waals surface area contributed by atoms with Gasteiger partial charge in [-0.25, -0.2) is 0 Å². The SMILES string of the molecule is CCCCN(CC(N)=O)c1cc(Cl)nnc1Cl. The number of hydrogen-bond donors (Lipinski definition) is 1. The summed E-state index contributed by atoms with van der Waals surface area (Å²) >= 11 is 11.7. The van der Waals surface area contributed by atoms with Gasteiger partial charge in [0, 0.05) is 12.6 Å². The normalized spacial score (nSPS) is 10.3. The van der Waals surface area contributed by atoms with E-state index in [1.165, 1.54) is 0 Å². The molecule has 0 aliphatic carbocycles. The number of aromatic nitrogens is 2. The molecule has 1 amide bonds. The van der Waals surface area contributed by atoms with Gasteiger partial charge in [-0.2, -0.15) is 0 Å². The van der Waals surface area contributed by atoms with Crippen LogP contribution in [-0.4, -0.2) is 29.2 Å². The summed E-state index contributed by atoms with van der Waals surface area (Å²) in [6.07, 6.45) is 1.92. The van der Waals surface area contributed by atoms with Crippen molar-refractivity contribution in [3.05, 3.63) is 16.4 Å². The zero-order chi connectivity index (χ0) is 12.8. The van der Waals surface area contributed by atoms with Crippen molar-refractivity contribution in [1.82, 2.24) is 10.2 Å². The molecule has 0 saturated heterocycles. The van der Waals surface area contributed by atoms with Crippen LogP contribution >= 0.6 is 23.2 Å². The lowest BCUT2D eigenvalue weighted by Crippen LogP contribution is -2.34. The number of anilines is 1. The molecule has 0 radical (unpaired) electrons. The molecular formula is C10H14Cl2N4O. The summed E-state index contributed by atoms with van der Waals surface area (Å²) < 4.78 is 0. The Morgan fingerprint density at radius 3 is 2.76 bits per heavy atom. The van der Waals surface area contributed by atoms with Crippen LogP contribution in [-0.2, 0) is 4.79 Å². The minimum atomic E-state index is -0.426. The second-order valence-corrected chi connectivity index (χ2v) is 4.33. The van der Waals surface area contributed by atoms with Crippen molar-refractivity contribution < 1.29 is 4.79 Å². The van der Waals surface area contributed by atoms with Gasteiger partial charge in [0.2, 0.25) is 5.91 Å². The number of carbonyl (C=O) groups excluding carboxylic acids is 1. The summed E-state index contributed by atoms with van der Waals surface area (Å²) in [6, 6.07) is 1.58. The van der Waals surface area contributed by atoms with Gasteiger partial charge in [0.05, 0.1) is 12.2 Å². The molecule has 1 aromatic rings. The zero-order valence-corrected chi connectivity index (χ0v) is 11.0. The van der Waals surface area contributed by atoms with Gasteiger partial charge in [-0.05, 0) is 6.42 Å². The van der Waals surface area contributed by atoms with E-state index < -0.39 is 5.91 Å². The van der Waals surface area contributed by atoms with Crippen LogP contribution in [0.1, 0.15) is 19.8 Å². The van der Waals surface area contributed by atoms with Crippen LogP contribution in [0.4, 0.5) is 5.69 Å². The summed E-state index contributed by atoms with van der Waals surface area (Å²) in [4.78, 5) is 12.8. The van der Waals surface area contributed by atoms with Crippen molar-refractivity contribution in [2.75, 3.05) is 18.0 Å². The molecule has 0 aliphatic rings. The highest BCUT2D eigenvalue weighted by atomic mass is 35.5. The number of nitrogens with zero attached hydrogens (tertiary/aromatic N) is 3. The lowest BCUT2D eigenvalue weighted by atomic mass is 10.3. The van der Waals surface area contributed by atoms with Crippen LogP contribution in [0.5, 0.6) is 0 Å². The fourth-order valence-electron chi connectivity index (χ4n) is 1.39. The lowest BCUT2D eigenvalue weighted by Gasteiger charge is -2.23. The first-order valence-electron chi connectivity index (χ1n) is 5.26. The molecule has 0 spiro atoms. The van der Waals surface area contributed by atoms with Crippen LogP contribution in [0, 0.1) is 0 Å². The predicted octanol–water partition coefficient (Wildman–Crippen LogP) is 1.88. The predicted molar refractivity (Wildman–Crippen MR) is 68.4 cm³/mol. The molecule has 0 bridgehead atoms. The zero-order valence-electron chi connectivity index (χ0n) is 9.49. The van der Waals surface area contributed by atoms with Crippen molar-refractivity contribution in [2.24, 2.45) is 5.73 Å². The van der Waals surface area contributed by atoms with Crippen molar-refractivity contribution in [3.63, 3.8) is 0 Å². The van der Waals surface area contributed by atoms with Crippen LogP contribution in [0.2, 0.25) is 10.3 Å². The Balaban J connectivity index is 2.93. The number of primary amides is 1. The summed E-state index contributed by atoms with van der Waals surface area (Å²) in [5, 5.41) is 7.77. The highest BCUT2D eigenvalue weighted by Gasteiger charge is 2.14. The molecule has 94 valence electrons. The van der Waals surface area contributed by atoms with Crippen molar-refractivity contribution in [1.29, 1.82) is 0 Å².